The smallest absolute Gasteiger partial charge is 0.324 e. The number of amides is 1. The third-order valence-electron chi connectivity index (χ3n) is 2.52. The van der Waals surface area contributed by atoms with E-state index in [1.165, 1.54) is 0 Å². The summed E-state index contributed by atoms with van der Waals surface area (Å²) in [4.78, 5) is 11.4. The Morgan fingerprint density at radius 3 is 2.06 bits per heavy atom. The van der Waals surface area contributed by atoms with E-state index >= 15 is 0 Å². The number of carbonyl (C=O) groups excluding carboxylic acids is 1. The molecule has 0 saturated heterocycles. The molecule has 7 heteroatoms. The molecule has 0 aliphatic carbocycles. The zero-order valence-corrected chi connectivity index (χ0v) is 9.20. The highest BCUT2D eigenvalue weighted by molar-refractivity contribution is 5.85. The van der Waals surface area contributed by atoms with Crippen molar-refractivity contribution >= 4 is 5.91 Å². The van der Waals surface area contributed by atoms with Gasteiger partial charge < -0.3 is 11.1 Å². The molecular formula is C9H16F4N2O. The summed E-state index contributed by atoms with van der Waals surface area (Å²) in [6, 6.07) is 0. The summed E-state index contributed by atoms with van der Waals surface area (Å²) in [5.41, 5.74) is 4.32. The second-order valence-corrected chi connectivity index (χ2v) is 3.61. The van der Waals surface area contributed by atoms with Crippen LogP contribution in [0.25, 0.3) is 0 Å². The quantitative estimate of drug-likeness (QED) is 0.696. The molecule has 3 nitrogen and oxygen atoms in total. The topological polar surface area (TPSA) is 55.1 Å². The van der Waals surface area contributed by atoms with E-state index in [9.17, 15) is 22.4 Å². The Labute approximate surface area is 91.4 Å². The van der Waals surface area contributed by atoms with Crippen molar-refractivity contribution in [3.05, 3.63) is 0 Å². The van der Waals surface area contributed by atoms with Crippen molar-refractivity contribution in [2.45, 2.75) is 44.6 Å². The molecule has 0 bridgehead atoms. The van der Waals surface area contributed by atoms with Gasteiger partial charge in [-0.2, -0.15) is 8.78 Å². The van der Waals surface area contributed by atoms with Gasteiger partial charge in [0.05, 0.1) is 12.1 Å². The molecule has 0 aliphatic heterocycles. The molecule has 1 amide bonds. The molecule has 0 unspecified atom stereocenters. The van der Waals surface area contributed by atoms with Crippen molar-refractivity contribution in [1.82, 2.24) is 5.32 Å². The van der Waals surface area contributed by atoms with Crippen LogP contribution in [-0.4, -0.2) is 30.3 Å². The van der Waals surface area contributed by atoms with Gasteiger partial charge in [-0.1, -0.05) is 13.8 Å². The third kappa shape index (κ3) is 3.62. The lowest BCUT2D eigenvalue weighted by Gasteiger charge is -2.26. The minimum Gasteiger partial charge on any atom is -0.348 e. The van der Waals surface area contributed by atoms with Crippen LogP contribution in [0.15, 0.2) is 0 Å². The molecule has 0 saturated carbocycles. The fourth-order valence-electron chi connectivity index (χ4n) is 1.02. The monoisotopic (exact) mass is 244 g/mol. The summed E-state index contributed by atoms with van der Waals surface area (Å²) < 4.78 is 48.6. The van der Waals surface area contributed by atoms with Crippen molar-refractivity contribution in [2.75, 3.05) is 6.54 Å². The maximum atomic E-state index is 12.5. The van der Waals surface area contributed by atoms with Gasteiger partial charge in [0.25, 0.3) is 0 Å². The average molecular weight is 244 g/mol. The van der Waals surface area contributed by atoms with Gasteiger partial charge in [0.1, 0.15) is 0 Å². The lowest BCUT2D eigenvalue weighted by molar-refractivity contribution is -0.139. The van der Waals surface area contributed by atoms with Gasteiger partial charge in [0.15, 0.2) is 0 Å². The van der Waals surface area contributed by atoms with Crippen molar-refractivity contribution in [1.29, 1.82) is 0 Å². The summed E-state index contributed by atoms with van der Waals surface area (Å²) >= 11 is 0. The molecule has 0 aromatic rings. The molecule has 0 atom stereocenters. The van der Waals surface area contributed by atoms with Gasteiger partial charge >= 0.3 is 12.3 Å². The normalized spacial score (nSPS) is 13.0. The third-order valence-corrected chi connectivity index (χ3v) is 2.52. The first kappa shape index (κ1) is 15.2. The molecule has 96 valence electrons. The second-order valence-electron chi connectivity index (χ2n) is 3.61. The van der Waals surface area contributed by atoms with Gasteiger partial charge in [0.2, 0.25) is 5.91 Å². The molecule has 0 radical (unpaired) electrons. The molecule has 0 fully saturated rings. The lowest BCUT2D eigenvalue weighted by atomic mass is 9.93. The van der Waals surface area contributed by atoms with Crippen LogP contribution in [0, 0.1) is 0 Å². The van der Waals surface area contributed by atoms with Crippen LogP contribution in [0.5, 0.6) is 0 Å². The fraction of sp³-hybridized carbons (Fsp3) is 0.889. The van der Waals surface area contributed by atoms with Crippen LogP contribution >= 0.6 is 0 Å². The second kappa shape index (κ2) is 5.47. The average Bonchev–Trinajstić information content (AvgIpc) is 2.24. The molecule has 0 aromatic heterocycles. The highest BCUT2D eigenvalue weighted by Crippen LogP contribution is 2.22. The Balaban J connectivity index is 4.38. The van der Waals surface area contributed by atoms with Crippen LogP contribution in [0.1, 0.15) is 26.7 Å². The Hall–Kier alpha value is -0.850. The van der Waals surface area contributed by atoms with Crippen LogP contribution in [0.4, 0.5) is 17.6 Å². The van der Waals surface area contributed by atoms with Gasteiger partial charge in [-0.05, 0) is 12.8 Å². The highest BCUT2D eigenvalue weighted by atomic mass is 19.3. The van der Waals surface area contributed by atoms with Crippen molar-refractivity contribution < 1.29 is 22.4 Å². The van der Waals surface area contributed by atoms with E-state index in [1.807, 2.05) is 0 Å². The summed E-state index contributed by atoms with van der Waals surface area (Å²) in [5, 5.41) is 1.75. The number of rotatable bonds is 6. The first-order valence-corrected chi connectivity index (χ1v) is 4.92. The lowest BCUT2D eigenvalue weighted by Crippen LogP contribution is -2.55. The number of hydrogen-bond donors (Lipinski definition) is 2. The number of carbonyl (C=O) groups is 1. The Bertz CT molecular complexity index is 242. The van der Waals surface area contributed by atoms with E-state index in [0.29, 0.717) is 0 Å². The Morgan fingerprint density at radius 1 is 1.31 bits per heavy atom. The molecule has 0 heterocycles. The van der Waals surface area contributed by atoms with Crippen LogP contribution < -0.4 is 11.1 Å². The molecular weight excluding hydrogens is 228 g/mol. The van der Waals surface area contributed by atoms with Crippen LogP contribution in [-0.2, 0) is 4.79 Å². The van der Waals surface area contributed by atoms with E-state index < -0.39 is 30.3 Å². The first-order chi connectivity index (χ1) is 7.19. The largest absolute Gasteiger partial charge is 0.348 e. The maximum absolute atomic E-state index is 12.5. The number of alkyl halides is 4. The molecule has 0 spiro atoms. The summed E-state index contributed by atoms with van der Waals surface area (Å²) in [6.45, 7) is 1.84. The predicted octanol–water partition coefficient (Wildman–Crippen LogP) is 1.52. The fourth-order valence-corrected chi connectivity index (χ4v) is 1.02. The minimum atomic E-state index is -4.22. The van der Waals surface area contributed by atoms with Crippen LogP contribution in [0.3, 0.4) is 0 Å². The van der Waals surface area contributed by atoms with Gasteiger partial charge in [-0.15, -0.1) is 0 Å². The molecule has 3 N–H and O–H groups in total. The number of nitrogens with two attached hydrogens (primary N) is 1. The van der Waals surface area contributed by atoms with Gasteiger partial charge in [0, 0.05) is 0 Å². The van der Waals surface area contributed by atoms with Crippen molar-refractivity contribution in [2.24, 2.45) is 5.73 Å². The SMILES string of the molecule is CCC(N)(CC)C(=O)NCC(F)(F)C(F)F. The van der Waals surface area contributed by atoms with Gasteiger partial charge in [-0.3, -0.25) is 4.79 Å². The number of hydrogen-bond acceptors (Lipinski definition) is 2. The Kier molecular flexibility index (Phi) is 5.18. The zero-order chi connectivity index (χ0) is 13.0. The zero-order valence-electron chi connectivity index (χ0n) is 9.20. The van der Waals surface area contributed by atoms with Crippen LogP contribution in [0.2, 0.25) is 0 Å². The highest BCUT2D eigenvalue weighted by Gasteiger charge is 2.42. The summed E-state index contributed by atoms with van der Waals surface area (Å²) in [6.07, 6.45) is -3.31. The Morgan fingerprint density at radius 2 is 1.75 bits per heavy atom. The first-order valence-electron chi connectivity index (χ1n) is 4.92. The van der Waals surface area contributed by atoms with E-state index in [4.69, 9.17) is 5.73 Å². The minimum absolute atomic E-state index is 0.246. The number of halogens is 4. The number of nitrogens with one attached hydrogen (secondary N) is 1. The van der Waals surface area contributed by atoms with Crippen molar-refractivity contribution in [3.63, 3.8) is 0 Å². The predicted molar refractivity (Wildman–Crippen MR) is 51.5 cm³/mol. The molecule has 0 aromatic carbocycles. The van der Waals surface area contributed by atoms with E-state index in [1.54, 1.807) is 19.2 Å². The molecule has 0 aliphatic rings. The molecule has 0 rings (SSSR count). The molecule has 16 heavy (non-hydrogen) atoms. The van der Waals surface area contributed by atoms with E-state index in [-0.39, 0.29) is 12.8 Å². The maximum Gasteiger partial charge on any atom is 0.324 e. The summed E-state index contributed by atoms with van der Waals surface area (Å²) in [7, 11) is 0. The van der Waals surface area contributed by atoms with E-state index in [0.717, 1.165) is 0 Å². The van der Waals surface area contributed by atoms with Crippen molar-refractivity contribution in [3.8, 4) is 0 Å². The van der Waals surface area contributed by atoms with Gasteiger partial charge in [-0.25, -0.2) is 8.78 Å². The standard InChI is InChI=1S/C9H16F4N2O/c1-3-8(14,4-2)7(16)15-5-9(12,13)6(10)11/h6H,3-5,14H2,1-2H3,(H,15,16). The van der Waals surface area contributed by atoms with E-state index in [2.05, 4.69) is 0 Å². The summed E-state index contributed by atoms with van der Waals surface area (Å²) in [5.74, 6) is -5.06.